The minimum Gasteiger partial charge on any atom is -0.341 e. The van der Waals surface area contributed by atoms with Gasteiger partial charge in [-0.1, -0.05) is 6.07 Å². The zero-order valence-electron chi connectivity index (χ0n) is 14.6. The summed E-state index contributed by atoms with van der Waals surface area (Å²) in [4.78, 5) is 33.9. The van der Waals surface area contributed by atoms with Crippen LogP contribution < -0.4 is 0 Å². The number of carbonyl (C=O) groups is 2. The fourth-order valence-corrected chi connectivity index (χ4v) is 3.74. The van der Waals surface area contributed by atoms with Gasteiger partial charge in [0, 0.05) is 19.6 Å². The number of piperidine rings is 1. The average Bonchev–Trinajstić information content (AvgIpc) is 3.39. The van der Waals surface area contributed by atoms with Crippen molar-refractivity contribution in [1.29, 1.82) is 0 Å². The molecule has 0 bridgehead atoms. The van der Waals surface area contributed by atoms with Crippen molar-refractivity contribution in [2.75, 3.05) is 19.6 Å². The van der Waals surface area contributed by atoms with Gasteiger partial charge in [-0.2, -0.15) is 0 Å². The number of nitrogens with zero attached hydrogens (tertiary/aromatic N) is 6. The lowest BCUT2D eigenvalue weighted by Gasteiger charge is -2.32. The molecule has 2 saturated heterocycles. The van der Waals surface area contributed by atoms with E-state index in [1.165, 1.54) is 19.1 Å². The van der Waals surface area contributed by atoms with Crippen LogP contribution >= 0.6 is 0 Å². The monoisotopic (exact) mass is 354 g/mol. The van der Waals surface area contributed by atoms with Crippen molar-refractivity contribution in [3.63, 3.8) is 0 Å². The molecule has 0 unspecified atom stereocenters. The number of aromatic nitrogens is 4. The van der Waals surface area contributed by atoms with Gasteiger partial charge in [0.25, 0.3) is 5.91 Å². The predicted octanol–water partition coefficient (Wildman–Crippen LogP) is 1.28. The van der Waals surface area contributed by atoms with Gasteiger partial charge in [-0.25, -0.2) is 4.98 Å². The number of rotatable bonds is 3. The highest BCUT2D eigenvalue weighted by Gasteiger charge is 2.37. The lowest BCUT2D eigenvalue weighted by Crippen LogP contribution is -2.49. The van der Waals surface area contributed by atoms with Crippen molar-refractivity contribution in [1.82, 2.24) is 29.5 Å². The van der Waals surface area contributed by atoms with Crippen molar-refractivity contribution in [2.24, 2.45) is 0 Å². The fraction of sp³-hybridized carbons (Fsp3) is 0.500. The van der Waals surface area contributed by atoms with Gasteiger partial charge in [0.2, 0.25) is 5.91 Å². The summed E-state index contributed by atoms with van der Waals surface area (Å²) in [6.45, 7) is 2.21. The Labute approximate surface area is 151 Å². The topological polar surface area (TPSA) is 84.2 Å². The molecule has 136 valence electrons. The largest absolute Gasteiger partial charge is 0.341 e. The highest BCUT2D eigenvalue weighted by molar-refractivity contribution is 5.96. The van der Waals surface area contributed by atoms with Crippen LogP contribution in [0.5, 0.6) is 0 Å². The van der Waals surface area contributed by atoms with Gasteiger partial charge in [0.1, 0.15) is 30.2 Å². The summed E-state index contributed by atoms with van der Waals surface area (Å²) in [6, 6.07) is 4.91. The molecule has 26 heavy (non-hydrogen) atoms. The van der Waals surface area contributed by atoms with E-state index in [1.54, 1.807) is 27.7 Å². The van der Waals surface area contributed by atoms with Gasteiger partial charge in [-0.05, 0) is 44.2 Å². The summed E-state index contributed by atoms with van der Waals surface area (Å²) in [5.74, 6) is 0.484. The van der Waals surface area contributed by atoms with E-state index >= 15 is 0 Å². The Bertz CT molecular complexity index is 785. The molecular weight excluding hydrogens is 332 g/mol. The molecular formula is C18H22N6O2. The zero-order valence-corrected chi connectivity index (χ0v) is 14.6. The molecule has 1 atom stereocenters. The summed E-state index contributed by atoms with van der Waals surface area (Å²) in [5.41, 5.74) is 0.342. The molecule has 0 aromatic carbocycles. The quantitative estimate of drug-likeness (QED) is 0.829. The molecule has 0 N–H and O–H groups in total. The second-order valence-electron chi connectivity index (χ2n) is 6.79. The third kappa shape index (κ3) is 3.18. The van der Waals surface area contributed by atoms with Gasteiger partial charge >= 0.3 is 0 Å². The smallest absolute Gasteiger partial charge is 0.273 e. The van der Waals surface area contributed by atoms with Crippen molar-refractivity contribution >= 4 is 11.8 Å². The Morgan fingerprint density at radius 2 is 1.73 bits per heavy atom. The van der Waals surface area contributed by atoms with E-state index in [0.717, 1.165) is 38.8 Å². The summed E-state index contributed by atoms with van der Waals surface area (Å²) in [5, 5.41) is 7.53. The van der Waals surface area contributed by atoms with Crippen LogP contribution in [0.3, 0.4) is 0 Å². The molecule has 2 amide bonds. The Morgan fingerprint density at radius 3 is 2.50 bits per heavy atom. The Hall–Kier alpha value is -2.77. The minimum atomic E-state index is -0.360. The molecule has 8 nitrogen and oxygen atoms in total. The second kappa shape index (κ2) is 7.23. The van der Waals surface area contributed by atoms with Gasteiger partial charge in [-0.15, -0.1) is 10.2 Å². The molecule has 0 saturated carbocycles. The first-order chi connectivity index (χ1) is 12.7. The molecule has 2 aliphatic rings. The van der Waals surface area contributed by atoms with Crippen LogP contribution in [-0.2, 0) is 4.79 Å². The Morgan fingerprint density at radius 1 is 0.962 bits per heavy atom. The normalized spacial score (nSPS) is 20.4. The molecule has 0 aliphatic carbocycles. The molecule has 2 aliphatic heterocycles. The van der Waals surface area contributed by atoms with Crippen molar-refractivity contribution < 1.29 is 9.59 Å². The minimum absolute atomic E-state index is 0.0884. The van der Waals surface area contributed by atoms with Crippen LogP contribution in [-0.4, -0.2) is 67.0 Å². The maximum atomic E-state index is 13.0. The van der Waals surface area contributed by atoms with E-state index in [9.17, 15) is 9.59 Å². The van der Waals surface area contributed by atoms with Crippen LogP contribution in [0.25, 0.3) is 5.82 Å². The van der Waals surface area contributed by atoms with Crippen LogP contribution in [0.1, 0.15) is 42.6 Å². The molecule has 2 fully saturated rings. The Balaban J connectivity index is 1.53. The third-order valence-corrected chi connectivity index (χ3v) is 5.10. The molecule has 0 radical (unpaired) electrons. The molecule has 4 heterocycles. The fourth-order valence-electron chi connectivity index (χ4n) is 3.74. The number of carbonyl (C=O) groups excluding carboxylic acids is 2. The highest BCUT2D eigenvalue weighted by Crippen LogP contribution is 2.23. The van der Waals surface area contributed by atoms with Crippen LogP contribution in [0.4, 0.5) is 0 Å². The van der Waals surface area contributed by atoms with E-state index in [0.29, 0.717) is 18.1 Å². The van der Waals surface area contributed by atoms with E-state index in [-0.39, 0.29) is 17.9 Å². The molecule has 0 spiro atoms. The number of pyridine rings is 1. The lowest BCUT2D eigenvalue weighted by atomic mass is 10.1. The molecule has 4 rings (SSSR count). The maximum Gasteiger partial charge on any atom is 0.273 e. The number of hydrogen-bond donors (Lipinski definition) is 0. The summed E-state index contributed by atoms with van der Waals surface area (Å²) >= 11 is 0. The molecule has 8 heteroatoms. The standard InChI is InChI=1S/C18H22N6O2/c25-17(14-6-4-8-16(21-14)23-12-19-20-13-23)24-11-5-7-15(24)18(26)22-9-2-1-3-10-22/h4,6,8,12-13,15H,1-3,5,7,9-11H2/t15-/m0/s1. The zero-order chi connectivity index (χ0) is 17.9. The summed E-state index contributed by atoms with van der Waals surface area (Å²) in [7, 11) is 0. The van der Waals surface area contributed by atoms with Crippen LogP contribution in [0.15, 0.2) is 30.9 Å². The first-order valence-electron chi connectivity index (χ1n) is 9.16. The number of amides is 2. The second-order valence-corrected chi connectivity index (χ2v) is 6.79. The molecule has 2 aromatic heterocycles. The van der Waals surface area contributed by atoms with Crippen molar-refractivity contribution in [3.05, 3.63) is 36.5 Å². The van der Waals surface area contributed by atoms with Crippen molar-refractivity contribution in [2.45, 2.75) is 38.1 Å². The van der Waals surface area contributed by atoms with Crippen LogP contribution in [0.2, 0.25) is 0 Å². The summed E-state index contributed by atoms with van der Waals surface area (Å²) in [6.07, 6.45) is 7.93. The Kier molecular flexibility index (Phi) is 4.64. The number of likely N-dealkylation sites (tertiary alicyclic amines) is 2. The molecule has 2 aromatic rings. The predicted molar refractivity (Wildman–Crippen MR) is 93.6 cm³/mol. The maximum absolute atomic E-state index is 13.0. The van der Waals surface area contributed by atoms with E-state index in [4.69, 9.17) is 0 Å². The SMILES string of the molecule is O=C([C@@H]1CCCN1C(=O)c1cccc(-n2cnnc2)n1)N1CCCCC1. The van der Waals surface area contributed by atoms with E-state index < -0.39 is 0 Å². The van der Waals surface area contributed by atoms with Crippen LogP contribution in [0, 0.1) is 0 Å². The first-order valence-corrected chi connectivity index (χ1v) is 9.16. The number of hydrogen-bond acceptors (Lipinski definition) is 5. The average molecular weight is 354 g/mol. The first kappa shape index (κ1) is 16.7. The lowest BCUT2D eigenvalue weighted by molar-refractivity contribution is -0.136. The van der Waals surface area contributed by atoms with Gasteiger partial charge in [0.15, 0.2) is 0 Å². The van der Waals surface area contributed by atoms with E-state index in [2.05, 4.69) is 15.2 Å². The van der Waals surface area contributed by atoms with Gasteiger partial charge in [0.05, 0.1) is 0 Å². The summed E-state index contributed by atoms with van der Waals surface area (Å²) < 4.78 is 1.65. The van der Waals surface area contributed by atoms with Gasteiger partial charge in [-0.3, -0.25) is 14.2 Å². The highest BCUT2D eigenvalue weighted by atomic mass is 16.2. The van der Waals surface area contributed by atoms with Gasteiger partial charge < -0.3 is 9.80 Å². The van der Waals surface area contributed by atoms with Crippen molar-refractivity contribution in [3.8, 4) is 5.82 Å². The van der Waals surface area contributed by atoms with E-state index in [1.807, 2.05) is 4.90 Å². The third-order valence-electron chi connectivity index (χ3n) is 5.10.